The van der Waals surface area contributed by atoms with Crippen molar-refractivity contribution in [3.8, 4) is 12.1 Å². The second kappa shape index (κ2) is 8.98. The first-order valence-electron chi connectivity index (χ1n) is 12.0. The van der Waals surface area contributed by atoms with Crippen molar-refractivity contribution in [1.29, 1.82) is 5.26 Å². The van der Waals surface area contributed by atoms with Gasteiger partial charge in [0.05, 0.1) is 41.5 Å². The summed E-state index contributed by atoms with van der Waals surface area (Å²) in [6.45, 7) is 4.19. The van der Waals surface area contributed by atoms with Crippen LogP contribution in [0.1, 0.15) is 43.4 Å². The zero-order chi connectivity index (χ0) is 25.6. The molecule has 166 valence electrons. The van der Waals surface area contributed by atoms with Crippen molar-refractivity contribution in [2.45, 2.75) is 42.8 Å². The number of nitriles is 1. The first-order valence-corrected chi connectivity index (χ1v) is 12.0. The molecule has 0 saturated carbocycles. The molecule has 1 aliphatic heterocycles. The lowest BCUT2D eigenvalue weighted by Gasteiger charge is -2.43. The van der Waals surface area contributed by atoms with Crippen LogP contribution in [0, 0.1) is 11.3 Å². The van der Waals surface area contributed by atoms with Crippen molar-refractivity contribution >= 4 is 90.5 Å². The van der Waals surface area contributed by atoms with E-state index in [1.807, 2.05) is 11.0 Å². The fraction of sp³-hybridized carbons (Fsp3) is 0.400. The molecule has 14 heteroatoms. The Morgan fingerprint density at radius 1 is 1.09 bits per heavy atom. The Balaban J connectivity index is 2.03. The predicted octanol–water partition coefficient (Wildman–Crippen LogP) is -8.34. The molecule has 1 aromatic heterocycles. The van der Waals surface area contributed by atoms with E-state index in [2.05, 4.69) is 72.7 Å². The van der Waals surface area contributed by atoms with E-state index in [1.165, 1.54) is 45.4 Å². The summed E-state index contributed by atoms with van der Waals surface area (Å²) in [5.74, 6) is -0.0885. The minimum atomic E-state index is -1.16. The normalized spacial score (nSPS) is 18.4. The molecule has 34 heavy (non-hydrogen) atoms. The highest BCUT2D eigenvalue weighted by Crippen LogP contribution is 2.36. The van der Waals surface area contributed by atoms with Gasteiger partial charge in [-0.15, -0.1) is 0 Å². The molecular weight excluding hydrogens is 415 g/mol. The van der Waals surface area contributed by atoms with Gasteiger partial charge in [-0.25, -0.2) is 9.97 Å². The number of hydrogen-bond donors (Lipinski definition) is 0. The number of amides is 1. The molecule has 1 atom stereocenters. The van der Waals surface area contributed by atoms with Crippen LogP contribution in [0.25, 0.3) is 0 Å². The zero-order valence-electron chi connectivity index (χ0n) is 22.4. The number of carbonyl (C=O) groups excluding carboxylic acids is 1. The molecule has 1 aromatic carbocycles. The van der Waals surface area contributed by atoms with Crippen LogP contribution in [0.5, 0.6) is 6.01 Å². The first-order chi connectivity index (χ1) is 15.6. The number of aromatic nitrogens is 2. The average molecular weight is 445 g/mol. The van der Waals surface area contributed by atoms with Crippen LogP contribution >= 0.6 is 0 Å². The number of benzene rings is 1. The molecule has 0 unspecified atom stereocenters. The van der Waals surface area contributed by atoms with E-state index >= 15 is 0 Å². The molecular formula is C20H30B8N4O2. The number of rotatable bonds is 5. The lowest BCUT2D eigenvalue weighted by molar-refractivity contribution is -0.148. The van der Waals surface area contributed by atoms with E-state index in [0.29, 0.717) is 12.1 Å². The van der Waals surface area contributed by atoms with Gasteiger partial charge in [-0.2, -0.15) is 5.26 Å². The van der Waals surface area contributed by atoms with Crippen LogP contribution in [-0.4, -0.2) is 95.7 Å². The summed E-state index contributed by atoms with van der Waals surface area (Å²) in [4.78, 5) is 24.1. The third-order valence-corrected chi connectivity index (χ3v) is 7.42. The fourth-order valence-corrected chi connectivity index (χ4v) is 5.82. The van der Waals surface area contributed by atoms with Gasteiger partial charge in [0.25, 0.3) is 5.91 Å². The summed E-state index contributed by atoms with van der Waals surface area (Å²) in [7, 11) is 17.8. The minimum absolute atomic E-state index is 0.0469. The third-order valence-electron chi connectivity index (χ3n) is 7.42. The maximum Gasteiger partial charge on any atom is 0.317 e. The molecule has 0 radical (unpaired) electrons. The summed E-state index contributed by atoms with van der Waals surface area (Å²) in [5.41, 5.74) is 6.58. The molecule has 0 bridgehead atoms. The Morgan fingerprint density at radius 3 is 2.09 bits per heavy atom. The van der Waals surface area contributed by atoms with Crippen molar-refractivity contribution < 1.29 is 9.53 Å². The Bertz CT molecular complexity index is 1150. The highest BCUT2D eigenvalue weighted by Gasteiger charge is 2.48. The molecule has 2 heterocycles. The monoisotopic (exact) mass is 446 g/mol. The number of hydrogen-bond acceptors (Lipinski definition) is 5. The quantitative estimate of drug-likeness (QED) is 0.428. The molecule has 0 aliphatic carbocycles. The summed E-state index contributed by atoms with van der Waals surface area (Å²) in [6, 6.07) is 2.08. The van der Waals surface area contributed by atoms with Gasteiger partial charge in [-0.1, -0.05) is 32.5 Å². The van der Waals surface area contributed by atoms with E-state index in [1.54, 1.807) is 13.8 Å². The largest absolute Gasteiger partial charge is 0.447 e. The van der Waals surface area contributed by atoms with Crippen LogP contribution in [0.2, 0.25) is 0 Å². The predicted molar refractivity (Wildman–Crippen MR) is 159 cm³/mol. The van der Waals surface area contributed by atoms with Gasteiger partial charge in [-0.3, -0.25) is 4.79 Å². The van der Waals surface area contributed by atoms with Gasteiger partial charge in [0, 0.05) is 12.0 Å². The number of nitrogens with zero attached hydrogens (tertiary/aromatic N) is 4. The van der Waals surface area contributed by atoms with E-state index in [0.717, 1.165) is 12.8 Å². The van der Waals surface area contributed by atoms with E-state index in [4.69, 9.17) is 10.00 Å². The van der Waals surface area contributed by atoms with Crippen molar-refractivity contribution in [3.05, 3.63) is 29.1 Å². The van der Waals surface area contributed by atoms with Gasteiger partial charge in [0.15, 0.2) is 5.60 Å². The van der Waals surface area contributed by atoms with Gasteiger partial charge >= 0.3 is 6.01 Å². The number of carbonyl (C=O) groups is 1. The standard InChI is InChI=1S/C20H30B8N4O2/c1-18(2,34-17-30-7-9(6-29)8-31-17)16(33)32-5-3-4-19(32,25)10-12(21)14(23)11(20(26,27)28)15(24)13(10)22/h7-8H,3-5,21-28H2,1-2H3/t19-/m0/s1. The van der Waals surface area contributed by atoms with Crippen LogP contribution < -0.4 is 26.6 Å². The summed E-state index contributed by atoms with van der Waals surface area (Å²) in [6.07, 6.45) is 4.64. The molecule has 1 aliphatic rings. The third kappa shape index (κ3) is 4.46. The topological polar surface area (TPSA) is 79.1 Å². The van der Waals surface area contributed by atoms with Crippen LogP contribution in [-0.2, 0) is 15.3 Å². The molecule has 0 N–H and O–H groups in total. The number of likely N-dealkylation sites (tertiary alicyclic amines) is 1. The maximum absolute atomic E-state index is 13.9. The Kier molecular flexibility index (Phi) is 6.92. The SMILES string of the molecule is Bc1c(B)c([C@]2(B)CCCN2C(=O)C(C)(C)Oc2ncc(C#N)cn2)c(B)c(B)c1C(B)(B)B. The average Bonchev–Trinajstić information content (AvgIpc) is 3.13. The zero-order valence-corrected chi connectivity index (χ0v) is 22.4. The Morgan fingerprint density at radius 2 is 1.62 bits per heavy atom. The van der Waals surface area contributed by atoms with Crippen LogP contribution in [0.4, 0.5) is 0 Å². The second-order valence-corrected chi connectivity index (χ2v) is 11.3. The molecule has 0 spiro atoms. The van der Waals surface area contributed by atoms with Gasteiger partial charge < -0.3 is 9.64 Å². The maximum atomic E-state index is 13.9. The Labute approximate surface area is 210 Å². The highest BCUT2D eigenvalue weighted by atomic mass is 16.5. The molecule has 1 fully saturated rings. The van der Waals surface area contributed by atoms with Gasteiger partial charge in [0.1, 0.15) is 45.3 Å². The molecule has 1 saturated heterocycles. The molecule has 1 amide bonds. The van der Waals surface area contributed by atoms with E-state index < -0.39 is 11.0 Å². The number of ether oxygens (including phenoxy) is 1. The molecule has 2 aromatic rings. The van der Waals surface area contributed by atoms with Crippen LogP contribution in [0.15, 0.2) is 12.4 Å². The summed E-state index contributed by atoms with van der Waals surface area (Å²) < 4.78 is 5.95. The minimum Gasteiger partial charge on any atom is -0.447 e. The highest BCUT2D eigenvalue weighted by molar-refractivity contribution is 6.65. The lowest BCUT2D eigenvalue weighted by Crippen LogP contribution is -2.61. The van der Waals surface area contributed by atoms with Crippen molar-refractivity contribution in [2.24, 2.45) is 0 Å². The second-order valence-electron chi connectivity index (χ2n) is 11.3. The van der Waals surface area contributed by atoms with Crippen molar-refractivity contribution in [1.82, 2.24) is 14.9 Å². The van der Waals surface area contributed by atoms with Gasteiger partial charge in [-0.05, 0) is 32.3 Å². The van der Waals surface area contributed by atoms with Crippen molar-refractivity contribution in [2.75, 3.05) is 6.54 Å². The smallest absolute Gasteiger partial charge is 0.317 e. The fourth-order valence-electron chi connectivity index (χ4n) is 5.82. The van der Waals surface area contributed by atoms with Gasteiger partial charge in [0.2, 0.25) is 0 Å². The Hall–Kier alpha value is -2.42. The van der Waals surface area contributed by atoms with Crippen molar-refractivity contribution in [3.63, 3.8) is 0 Å². The molecule has 6 nitrogen and oxygen atoms in total. The summed E-state index contributed by atoms with van der Waals surface area (Å²) >= 11 is 0. The van der Waals surface area contributed by atoms with E-state index in [-0.39, 0.29) is 17.0 Å². The van der Waals surface area contributed by atoms with Crippen LogP contribution in [0.3, 0.4) is 0 Å². The first kappa shape index (κ1) is 26.2. The molecule has 3 rings (SSSR count). The van der Waals surface area contributed by atoms with E-state index in [9.17, 15) is 4.79 Å². The lowest BCUT2D eigenvalue weighted by atomic mass is 9.36. The summed E-state index contributed by atoms with van der Waals surface area (Å²) in [5, 5.41) is 9.02.